The zero-order valence-electron chi connectivity index (χ0n) is 8.82. The van der Waals surface area contributed by atoms with E-state index in [0.29, 0.717) is 0 Å². The van der Waals surface area contributed by atoms with Crippen molar-refractivity contribution in [2.24, 2.45) is 0 Å². The Bertz CT molecular complexity index is 556. The number of ether oxygens (including phenoxy) is 1. The molecule has 0 bridgehead atoms. The van der Waals surface area contributed by atoms with Gasteiger partial charge in [0.1, 0.15) is 0 Å². The van der Waals surface area contributed by atoms with Crippen LogP contribution in [0.15, 0.2) is 11.6 Å². The van der Waals surface area contributed by atoms with Gasteiger partial charge >= 0.3 is 6.18 Å². The summed E-state index contributed by atoms with van der Waals surface area (Å²) in [6.07, 6.45) is -3.51. The van der Waals surface area contributed by atoms with Crippen molar-refractivity contribution in [1.82, 2.24) is 15.0 Å². The summed E-state index contributed by atoms with van der Waals surface area (Å²) >= 11 is 1.08. The van der Waals surface area contributed by atoms with E-state index in [1.165, 1.54) is 6.20 Å². The number of hydrogen-bond acceptors (Lipinski definition) is 5. The van der Waals surface area contributed by atoms with Crippen molar-refractivity contribution < 1.29 is 22.3 Å². The van der Waals surface area contributed by atoms with E-state index in [4.69, 9.17) is 0 Å². The van der Waals surface area contributed by atoms with E-state index in [9.17, 15) is 17.6 Å². The van der Waals surface area contributed by atoms with Crippen molar-refractivity contribution in [3.8, 4) is 16.7 Å². The molecule has 2 aromatic heterocycles. The van der Waals surface area contributed by atoms with Crippen molar-refractivity contribution in [2.45, 2.75) is 6.18 Å². The fraction of sp³-hybridized carbons (Fsp3) is 0.222. The summed E-state index contributed by atoms with van der Waals surface area (Å²) in [4.78, 5) is 10.5. The van der Waals surface area contributed by atoms with Gasteiger partial charge in [-0.05, 0) is 0 Å². The molecule has 96 valence electrons. The highest BCUT2D eigenvalue weighted by atomic mass is 32.1. The first kappa shape index (κ1) is 12.7. The molecule has 0 saturated heterocycles. The minimum atomic E-state index is -4.92. The van der Waals surface area contributed by atoms with Gasteiger partial charge in [0.15, 0.2) is 16.4 Å². The molecule has 2 heterocycles. The van der Waals surface area contributed by atoms with Crippen molar-refractivity contribution in [2.75, 3.05) is 7.11 Å². The smallest absolute Gasteiger partial charge is 0.426 e. The number of aromatic nitrogens is 3. The third kappa shape index (κ3) is 2.26. The van der Waals surface area contributed by atoms with Gasteiger partial charge in [0, 0.05) is 11.6 Å². The van der Waals surface area contributed by atoms with Crippen LogP contribution in [0.25, 0.3) is 10.8 Å². The number of halogens is 4. The minimum Gasteiger partial charge on any atom is -0.480 e. The van der Waals surface area contributed by atoms with Crippen LogP contribution >= 0.6 is 11.3 Å². The van der Waals surface area contributed by atoms with Crippen LogP contribution in [-0.2, 0) is 6.18 Å². The van der Waals surface area contributed by atoms with E-state index in [0.717, 1.165) is 18.4 Å². The molecule has 0 radical (unpaired) electrons. The number of nitrogens with zero attached hydrogens (tertiary/aromatic N) is 3. The summed E-state index contributed by atoms with van der Waals surface area (Å²) in [6, 6.07) is 0. The lowest BCUT2D eigenvalue weighted by Gasteiger charge is -2.11. The molecule has 0 amide bonds. The first-order chi connectivity index (χ1) is 8.43. The largest absolute Gasteiger partial charge is 0.480 e. The predicted molar refractivity (Wildman–Crippen MR) is 54.7 cm³/mol. The Balaban J connectivity index is 2.61. The fourth-order valence-electron chi connectivity index (χ4n) is 1.23. The van der Waals surface area contributed by atoms with Gasteiger partial charge in [-0.25, -0.2) is 4.98 Å². The van der Waals surface area contributed by atoms with Crippen LogP contribution in [0.4, 0.5) is 17.6 Å². The lowest BCUT2D eigenvalue weighted by atomic mass is 10.3. The standard InChI is InChI=1S/C9H5F4N3OS/c1-17-7-4(9(11,12)13)5(10)15-6(16-7)8-14-2-3-18-8/h2-3H,1H3. The number of rotatable bonds is 2. The maximum absolute atomic E-state index is 13.4. The van der Waals surface area contributed by atoms with Gasteiger partial charge in [-0.15, -0.1) is 11.3 Å². The third-order valence-corrected chi connectivity index (χ3v) is 2.70. The normalized spacial score (nSPS) is 11.6. The fourth-order valence-corrected chi connectivity index (χ4v) is 1.80. The Morgan fingerprint density at radius 2 is 2.00 bits per heavy atom. The molecule has 0 aliphatic rings. The van der Waals surface area contributed by atoms with Crippen LogP contribution in [0.2, 0.25) is 0 Å². The summed E-state index contributed by atoms with van der Waals surface area (Å²) in [7, 11) is 0.975. The third-order valence-electron chi connectivity index (χ3n) is 1.93. The summed E-state index contributed by atoms with van der Waals surface area (Å²) in [5, 5.41) is 1.78. The van der Waals surface area contributed by atoms with Gasteiger partial charge < -0.3 is 4.74 Å². The summed E-state index contributed by atoms with van der Waals surface area (Å²) in [5.41, 5.74) is -1.62. The minimum absolute atomic E-state index is 0.209. The Morgan fingerprint density at radius 1 is 1.28 bits per heavy atom. The summed E-state index contributed by atoms with van der Waals surface area (Å²) < 4.78 is 55.5. The van der Waals surface area contributed by atoms with Gasteiger partial charge in [-0.3, -0.25) is 0 Å². The number of thiazole rings is 1. The number of methoxy groups -OCH3 is 1. The summed E-state index contributed by atoms with van der Waals surface area (Å²) in [6.45, 7) is 0. The quantitative estimate of drug-likeness (QED) is 0.626. The molecule has 0 fully saturated rings. The number of hydrogen-bond donors (Lipinski definition) is 0. The van der Waals surface area contributed by atoms with Crippen LogP contribution in [0, 0.1) is 5.95 Å². The molecule has 9 heteroatoms. The van der Waals surface area contributed by atoms with Crippen LogP contribution in [0.5, 0.6) is 5.88 Å². The highest BCUT2D eigenvalue weighted by Gasteiger charge is 2.40. The Labute approximate surface area is 102 Å². The van der Waals surface area contributed by atoms with Gasteiger partial charge in [0.2, 0.25) is 11.8 Å². The van der Waals surface area contributed by atoms with E-state index in [2.05, 4.69) is 19.7 Å². The molecule has 0 aromatic carbocycles. The molecular weight excluding hydrogens is 274 g/mol. The lowest BCUT2D eigenvalue weighted by Crippen LogP contribution is -2.14. The van der Waals surface area contributed by atoms with Crippen molar-refractivity contribution in [3.05, 3.63) is 23.1 Å². The average molecular weight is 279 g/mol. The average Bonchev–Trinajstić information content (AvgIpc) is 2.79. The Hall–Kier alpha value is -1.77. The second kappa shape index (κ2) is 4.48. The van der Waals surface area contributed by atoms with Crippen LogP contribution in [-0.4, -0.2) is 22.1 Å². The zero-order chi connectivity index (χ0) is 13.3. The Kier molecular flexibility index (Phi) is 3.16. The zero-order valence-corrected chi connectivity index (χ0v) is 9.64. The second-order valence-corrected chi connectivity index (χ2v) is 3.95. The van der Waals surface area contributed by atoms with Crippen LogP contribution < -0.4 is 4.74 Å². The first-order valence-corrected chi connectivity index (χ1v) is 5.40. The van der Waals surface area contributed by atoms with Gasteiger partial charge in [0.25, 0.3) is 0 Å². The highest BCUT2D eigenvalue weighted by Crippen LogP contribution is 2.37. The topological polar surface area (TPSA) is 47.9 Å². The van der Waals surface area contributed by atoms with Gasteiger partial charge in [-0.1, -0.05) is 0 Å². The highest BCUT2D eigenvalue weighted by molar-refractivity contribution is 7.12. The molecule has 0 N–H and O–H groups in total. The van der Waals surface area contributed by atoms with Gasteiger partial charge in [0.05, 0.1) is 7.11 Å². The molecular formula is C9H5F4N3OS. The second-order valence-electron chi connectivity index (χ2n) is 3.06. The number of alkyl halides is 3. The van der Waals surface area contributed by atoms with Crippen LogP contribution in [0.1, 0.15) is 5.56 Å². The maximum Gasteiger partial charge on any atom is 0.426 e. The van der Waals surface area contributed by atoms with Crippen molar-refractivity contribution in [3.63, 3.8) is 0 Å². The van der Waals surface area contributed by atoms with E-state index in [1.807, 2.05) is 0 Å². The van der Waals surface area contributed by atoms with E-state index in [1.54, 1.807) is 5.38 Å². The van der Waals surface area contributed by atoms with Crippen molar-refractivity contribution >= 4 is 11.3 Å². The maximum atomic E-state index is 13.4. The van der Waals surface area contributed by atoms with Crippen molar-refractivity contribution in [1.29, 1.82) is 0 Å². The first-order valence-electron chi connectivity index (χ1n) is 4.52. The lowest BCUT2D eigenvalue weighted by molar-refractivity contribution is -0.142. The predicted octanol–water partition coefficient (Wildman–Crippen LogP) is 2.77. The van der Waals surface area contributed by atoms with E-state index in [-0.39, 0.29) is 10.8 Å². The molecule has 0 saturated carbocycles. The SMILES string of the molecule is COc1nc(-c2nccs2)nc(F)c1C(F)(F)F. The van der Waals surface area contributed by atoms with E-state index < -0.39 is 23.6 Å². The molecule has 2 rings (SSSR count). The molecule has 4 nitrogen and oxygen atoms in total. The monoisotopic (exact) mass is 279 g/mol. The summed E-state index contributed by atoms with van der Waals surface area (Å²) in [5.74, 6) is -2.79. The molecule has 2 aromatic rings. The van der Waals surface area contributed by atoms with Gasteiger partial charge in [-0.2, -0.15) is 27.5 Å². The molecule has 0 aliphatic carbocycles. The Morgan fingerprint density at radius 3 is 2.50 bits per heavy atom. The molecule has 0 atom stereocenters. The van der Waals surface area contributed by atoms with E-state index >= 15 is 0 Å². The molecule has 0 unspecified atom stereocenters. The van der Waals surface area contributed by atoms with Crippen LogP contribution in [0.3, 0.4) is 0 Å². The molecule has 18 heavy (non-hydrogen) atoms. The molecule has 0 spiro atoms. The molecule has 0 aliphatic heterocycles.